The Kier molecular flexibility index (Phi) is 6.29. The highest BCUT2D eigenvalue weighted by Crippen LogP contribution is 2.65. The van der Waals surface area contributed by atoms with Gasteiger partial charge in [0.25, 0.3) is 0 Å². The molecule has 0 amide bonds. The van der Waals surface area contributed by atoms with Gasteiger partial charge in [-0.2, -0.15) is 0 Å². The van der Waals surface area contributed by atoms with E-state index in [-0.39, 0.29) is 5.97 Å². The van der Waals surface area contributed by atoms with Gasteiger partial charge in [0.1, 0.15) is 0 Å². The lowest BCUT2D eigenvalue weighted by Crippen LogP contribution is -2.57. The van der Waals surface area contributed by atoms with Crippen molar-refractivity contribution in [2.24, 2.45) is 22.7 Å². The quantitative estimate of drug-likeness (QED) is 0.397. The molecule has 4 nitrogen and oxygen atoms in total. The molecule has 0 spiro atoms. The molecule has 0 aliphatic heterocycles. The van der Waals surface area contributed by atoms with Crippen LogP contribution in [0.5, 0.6) is 0 Å². The molecule has 4 heteroatoms. The number of carbonyl (C=O) groups is 2. The monoisotopic (exact) mass is 364 g/mol. The average molecular weight is 365 g/mol. The Morgan fingerprint density at radius 2 is 1.42 bits per heavy atom. The lowest BCUT2D eigenvalue weighted by Gasteiger charge is -2.59. The van der Waals surface area contributed by atoms with Crippen molar-refractivity contribution in [3.05, 3.63) is 0 Å². The first-order chi connectivity index (χ1) is 12.5. The first-order valence-corrected chi connectivity index (χ1v) is 10.9. The third kappa shape index (κ3) is 4.09. The van der Waals surface area contributed by atoms with Crippen LogP contribution in [0.2, 0.25) is 0 Å². The molecule has 4 bridgehead atoms. The van der Waals surface area contributed by atoms with E-state index in [2.05, 4.69) is 6.92 Å². The number of unbranched alkanes of at least 4 members (excludes halogenated alkanes) is 7. The van der Waals surface area contributed by atoms with Gasteiger partial charge in [0.15, 0.2) is 0 Å². The molecule has 1 N–H and O–H groups in total. The van der Waals surface area contributed by atoms with Crippen LogP contribution in [0.1, 0.15) is 96.8 Å². The summed E-state index contributed by atoms with van der Waals surface area (Å²) in [5.41, 5.74) is -1.15. The summed E-state index contributed by atoms with van der Waals surface area (Å²) < 4.78 is 5.66. The molecule has 148 valence electrons. The van der Waals surface area contributed by atoms with Gasteiger partial charge in [0.2, 0.25) is 0 Å². The number of carbonyl (C=O) groups excluding carboxylic acids is 1. The number of rotatable bonds is 11. The highest BCUT2D eigenvalue weighted by atomic mass is 16.5. The first-order valence-electron chi connectivity index (χ1n) is 10.9. The van der Waals surface area contributed by atoms with Gasteiger partial charge in [-0.1, -0.05) is 51.9 Å². The lowest BCUT2D eigenvalue weighted by atomic mass is 9.44. The van der Waals surface area contributed by atoms with Crippen LogP contribution >= 0.6 is 0 Å². The summed E-state index contributed by atoms with van der Waals surface area (Å²) in [6.07, 6.45) is 14.7. The van der Waals surface area contributed by atoms with Gasteiger partial charge in [-0.25, -0.2) is 0 Å². The molecule has 4 aliphatic rings. The van der Waals surface area contributed by atoms with Crippen molar-refractivity contribution in [2.75, 3.05) is 6.61 Å². The molecule has 0 aromatic rings. The maximum Gasteiger partial charge on any atom is 0.312 e. The summed E-state index contributed by atoms with van der Waals surface area (Å²) in [6, 6.07) is 0. The number of hydrogen-bond acceptors (Lipinski definition) is 3. The van der Waals surface area contributed by atoms with Crippen molar-refractivity contribution in [3.8, 4) is 0 Å². The molecule has 0 aromatic heterocycles. The summed E-state index contributed by atoms with van der Waals surface area (Å²) in [7, 11) is 0. The zero-order valence-electron chi connectivity index (χ0n) is 16.4. The smallest absolute Gasteiger partial charge is 0.312 e. The second kappa shape index (κ2) is 8.31. The Morgan fingerprint density at radius 3 is 2.00 bits per heavy atom. The van der Waals surface area contributed by atoms with Gasteiger partial charge in [-0.3, -0.25) is 9.59 Å². The van der Waals surface area contributed by atoms with Crippen LogP contribution in [0, 0.1) is 22.7 Å². The summed E-state index contributed by atoms with van der Waals surface area (Å²) in [4.78, 5) is 24.7. The van der Waals surface area contributed by atoms with Crippen LogP contribution < -0.4 is 0 Å². The molecule has 0 saturated heterocycles. The minimum atomic E-state index is -0.688. The fourth-order valence-corrected chi connectivity index (χ4v) is 6.31. The highest BCUT2D eigenvalue weighted by molar-refractivity contribution is 5.82. The number of carboxylic acid groups (broad SMARTS) is 1. The number of esters is 1. The van der Waals surface area contributed by atoms with Crippen molar-refractivity contribution in [1.29, 1.82) is 0 Å². The third-order valence-corrected chi connectivity index (χ3v) is 7.18. The van der Waals surface area contributed by atoms with Crippen LogP contribution in [0.3, 0.4) is 0 Å². The van der Waals surface area contributed by atoms with Crippen molar-refractivity contribution < 1.29 is 19.4 Å². The van der Waals surface area contributed by atoms with Crippen LogP contribution in [-0.2, 0) is 14.3 Å². The molecule has 4 rings (SSSR count). The summed E-state index contributed by atoms with van der Waals surface area (Å²) >= 11 is 0. The topological polar surface area (TPSA) is 63.6 Å². The first kappa shape index (κ1) is 19.7. The van der Waals surface area contributed by atoms with Gasteiger partial charge >= 0.3 is 11.9 Å². The van der Waals surface area contributed by atoms with E-state index < -0.39 is 16.8 Å². The van der Waals surface area contributed by atoms with E-state index in [0.29, 0.717) is 24.9 Å². The van der Waals surface area contributed by atoms with Gasteiger partial charge in [-0.15, -0.1) is 0 Å². The zero-order chi connectivity index (χ0) is 18.6. The Hall–Kier alpha value is -1.06. The largest absolute Gasteiger partial charge is 0.481 e. The molecule has 4 aliphatic carbocycles. The number of aliphatic carboxylic acids is 1. The molecule has 4 fully saturated rings. The van der Waals surface area contributed by atoms with E-state index in [1.165, 1.54) is 38.5 Å². The SMILES string of the molecule is CCCCCCCCCCOC(=O)C12CC3CC(CC(C(=O)O)(C3)C1)C2. The van der Waals surface area contributed by atoms with E-state index in [9.17, 15) is 14.7 Å². The van der Waals surface area contributed by atoms with Crippen molar-refractivity contribution in [2.45, 2.75) is 96.8 Å². The second-order valence-corrected chi connectivity index (χ2v) is 9.44. The fraction of sp³-hybridized carbons (Fsp3) is 0.909. The Labute approximate surface area is 158 Å². The maximum absolute atomic E-state index is 12.9. The maximum atomic E-state index is 12.9. The highest BCUT2D eigenvalue weighted by Gasteiger charge is 2.63. The predicted molar refractivity (Wildman–Crippen MR) is 101 cm³/mol. The van der Waals surface area contributed by atoms with Crippen LogP contribution in [-0.4, -0.2) is 23.7 Å². The lowest BCUT2D eigenvalue weighted by molar-refractivity contribution is -0.190. The van der Waals surface area contributed by atoms with Gasteiger partial charge in [0, 0.05) is 0 Å². The molecule has 26 heavy (non-hydrogen) atoms. The van der Waals surface area contributed by atoms with Crippen molar-refractivity contribution in [3.63, 3.8) is 0 Å². The minimum absolute atomic E-state index is 0.0971. The van der Waals surface area contributed by atoms with E-state index >= 15 is 0 Å². The summed E-state index contributed by atoms with van der Waals surface area (Å²) in [5.74, 6) is 0.0260. The Morgan fingerprint density at radius 1 is 0.885 bits per heavy atom. The summed E-state index contributed by atoms with van der Waals surface area (Å²) in [5, 5.41) is 9.77. The van der Waals surface area contributed by atoms with Crippen LogP contribution in [0.25, 0.3) is 0 Å². The number of hydrogen-bond donors (Lipinski definition) is 1. The predicted octanol–water partition coefficient (Wildman–Crippen LogP) is 5.34. The van der Waals surface area contributed by atoms with Gasteiger partial charge < -0.3 is 9.84 Å². The minimum Gasteiger partial charge on any atom is -0.481 e. The van der Waals surface area contributed by atoms with Gasteiger partial charge in [0.05, 0.1) is 17.4 Å². The zero-order valence-corrected chi connectivity index (χ0v) is 16.4. The van der Waals surface area contributed by atoms with E-state index in [4.69, 9.17) is 4.74 Å². The van der Waals surface area contributed by atoms with Gasteiger partial charge in [-0.05, 0) is 56.8 Å². The van der Waals surface area contributed by atoms with E-state index in [1.54, 1.807) is 0 Å². The average Bonchev–Trinajstić information content (AvgIpc) is 2.59. The number of carboxylic acids is 1. The summed E-state index contributed by atoms with van der Waals surface area (Å²) in [6.45, 7) is 2.74. The second-order valence-electron chi connectivity index (χ2n) is 9.44. The normalized spacial score (nSPS) is 34.8. The van der Waals surface area contributed by atoms with Crippen molar-refractivity contribution >= 4 is 11.9 Å². The van der Waals surface area contributed by atoms with E-state index in [1.807, 2.05) is 0 Å². The molecule has 2 unspecified atom stereocenters. The molecule has 2 atom stereocenters. The molecular formula is C22H36O4. The van der Waals surface area contributed by atoms with Crippen LogP contribution in [0.15, 0.2) is 0 Å². The van der Waals surface area contributed by atoms with Crippen LogP contribution in [0.4, 0.5) is 0 Å². The number of ether oxygens (including phenoxy) is 1. The molecule has 0 heterocycles. The molecule has 0 aromatic carbocycles. The van der Waals surface area contributed by atoms with Crippen molar-refractivity contribution in [1.82, 2.24) is 0 Å². The fourth-order valence-electron chi connectivity index (χ4n) is 6.31. The Bertz CT molecular complexity index is 498. The third-order valence-electron chi connectivity index (χ3n) is 7.18. The Balaban J connectivity index is 1.41. The molecule has 0 radical (unpaired) electrons. The standard InChI is InChI=1S/C22H36O4/c1-2-3-4-5-6-7-8-9-10-26-20(25)22-14-17-11-18(15-22)13-21(12-17,16-22)19(23)24/h17-18H,2-16H2,1H3,(H,23,24). The van der Waals surface area contributed by atoms with E-state index in [0.717, 1.165) is 44.9 Å². The molecular weight excluding hydrogens is 328 g/mol. The molecule has 4 saturated carbocycles.